The first kappa shape index (κ1) is 12.3. The molecule has 1 heterocycles. The molecular weight excluding hydrogens is 241 g/mol. The van der Waals surface area contributed by atoms with Crippen molar-refractivity contribution in [2.45, 2.75) is 19.9 Å². The van der Waals surface area contributed by atoms with Gasteiger partial charge in [0.15, 0.2) is 5.82 Å². The highest BCUT2D eigenvalue weighted by Gasteiger charge is 2.33. The van der Waals surface area contributed by atoms with Gasteiger partial charge in [0.25, 0.3) is 0 Å². The Morgan fingerprint density at radius 3 is 2.72 bits per heavy atom. The molecule has 0 aromatic heterocycles. The predicted molar refractivity (Wildman–Crippen MR) is 61.4 cm³/mol. The topological polar surface area (TPSA) is 66.8 Å². The molecular formula is C12H12FNO4. The maximum Gasteiger partial charge on any atom is 0.414 e. The molecule has 18 heavy (non-hydrogen) atoms. The monoisotopic (exact) mass is 253 g/mol. The lowest BCUT2D eigenvalue weighted by molar-refractivity contribution is 0.0695. The van der Waals surface area contributed by atoms with Crippen LogP contribution in [0.15, 0.2) is 12.1 Å². The fraction of sp³-hybridized carbons (Fsp3) is 0.333. The lowest BCUT2D eigenvalue weighted by atomic mass is 10.1. The first-order valence-electron chi connectivity index (χ1n) is 5.42. The molecule has 1 aliphatic rings. The molecule has 1 saturated heterocycles. The minimum Gasteiger partial charge on any atom is -0.478 e. The normalized spacial score (nSPS) is 18.9. The van der Waals surface area contributed by atoms with Gasteiger partial charge in [-0.25, -0.2) is 14.0 Å². The van der Waals surface area contributed by atoms with Gasteiger partial charge >= 0.3 is 12.1 Å². The molecule has 2 rings (SSSR count). The van der Waals surface area contributed by atoms with Gasteiger partial charge in [-0.1, -0.05) is 0 Å². The Bertz CT molecular complexity index is 529. The number of halogens is 1. The number of carbonyl (C=O) groups is 2. The third kappa shape index (κ3) is 1.79. The van der Waals surface area contributed by atoms with E-state index in [0.29, 0.717) is 0 Å². The number of aromatic carboxylic acids is 1. The number of benzene rings is 1. The molecule has 1 atom stereocenters. The number of carbonyl (C=O) groups excluding carboxylic acids is 1. The van der Waals surface area contributed by atoms with Gasteiger partial charge in [-0.05, 0) is 26.0 Å². The summed E-state index contributed by atoms with van der Waals surface area (Å²) in [6.07, 6.45) is -0.621. The fourth-order valence-corrected chi connectivity index (χ4v) is 1.94. The molecule has 0 aliphatic carbocycles. The Labute approximate surface area is 103 Å². The van der Waals surface area contributed by atoms with Crippen LogP contribution in [-0.4, -0.2) is 29.8 Å². The van der Waals surface area contributed by atoms with Gasteiger partial charge < -0.3 is 9.84 Å². The van der Waals surface area contributed by atoms with Crippen molar-refractivity contribution >= 4 is 17.7 Å². The van der Waals surface area contributed by atoms with Crippen molar-refractivity contribution < 1.29 is 23.8 Å². The maximum absolute atomic E-state index is 14.1. The van der Waals surface area contributed by atoms with Gasteiger partial charge in [-0.15, -0.1) is 0 Å². The van der Waals surface area contributed by atoms with Crippen LogP contribution >= 0.6 is 0 Å². The summed E-state index contributed by atoms with van der Waals surface area (Å²) in [5, 5.41) is 8.88. The van der Waals surface area contributed by atoms with Crippen LogP contribution < -0.4 is 4.90 Å². The van der Waals surface area contributed by atoms with E-state index in [1.165, 1.54) is 24.0 Å². The van der Waals surface area contributed by atoms with Crippen molar-refractivity contribution in [3.63, 3.8) is 0 Å². The van der Waals surface area contributed by atoms with E-state index in [0.717, 1.165) is 0 Å². The second-order valence-corrected chi connectivity index (χ2v) is 4.17. The number of nitrogens with zero attached hydrogens (tertiary/aromatic N) is 1. The van der Waals surface area contributed by atoms with Crippen molar-refractivity contribution in [2.24, 2.45) is 0 Å². The van der Waals surface area contributed by atoms with Gasteiger partial charge in [-0.2, -0.15) is 0 Å². The van der Waals surface area contributed by atoms with E-state index in [1.54, 1.807) is 6.92 Å². The number of hydrogen-bond donors (Lipinski definition) is 1. The van der Waals surface area contributed by atoms with Crippen LogP contribution in [0.3, 0.4) is 0 Å². The van der Waals surface area contributed by atoms with Crippen molar-refractivity contribution in [2.75, 3.05) is 11.5 Å². The molecule has 1 N–H and O–H groups in total. The second-order valence-electron chi connectivity index (χ2n) is 4.17. The van der Waals surface area contributed by atoms with E-state index in [9.17, 15) is 14.0 Å². The van der Waals surface area contributed by atoms with Crippen LogP contribution in [-0.2, 0) is 4.74 Å². The molecule has 6 heteroatoms. The zero-order valence-electron chi connectivity index (χ0n) is 9.94. The highest BCUT2D eigenvalue weighted by atomic mass is 19.1. The predicted octanol–water partition coefficient (Wildman–Crippen LogP) is 2.18. The second kappa shape index (κ2) is 4.29. The highest BCUT2D eigenvalue weighted by molar-refractivity contribution is 5.93. The van der Waals surface area contributed by atoms with Crippen LogP contribution in [0, 0.1) is 12.7 Å². The summed E-state index contributed by atoms with van der Waals surface area (Å²) in [6.45, 7) is 3.29. The van der Waals surface area contributed by atoms with E-state index in [-0.39, 0.29) is 29.5 Å². The Morgan fingerprint density at radius 2 is 2.22 bits per heavy atom. The van der Waals surface area contributed by atoms with Crippen LogP contribution in [0.25, 0.3) is 0 Å². The number of amides is 1. The summed E-state index contributed by atoms with van der Waals surface area (Å²) < 4.78 is 18.9. The van der Waals surface area contributed by atoms with E-state index < -0.39 is 17.9 Å². The van der Waals surface area contributed by atoms with Crippen LogP contribution in [0.5, 0.6) is 0 Å². The number of carboxylic acids is 1. The van der Waals surface area contributed by atoms with Crippen molar-refractivity contribution in [3.8, 4) is 0 Å². The zero-order valence-corrected chi connectivity index (χ0v) is 9.94. The Kier molecular flexibility index (Phi) is 2.94. The first-order chi connectivity index (χ1) is 8.43. The van der Waals surface area contributed by atoms with Gasteiger partial charge in [0, 0.05) is 5.56 Å². The molecule has 1 aromatic rings. The smallest absolute Gasteiger partial charge is 0.414 e. The molecule has 0 radical (unpaired) electrons. The molecule has 1 aliphatic heterocycles. The van der Waals surface area contributed by atoms with E-state index in [4.69, 9.17) is 9.84 Å². The lowest BCUT2D eigenvalue weighted by Crippen LogP contribution is -2.32. The fourth-order valence-electron chi connectivity index (χ4n) is 1.94. The number of hydrogen-bond acceptors (Lipinski definition) is 3. The Morgan fingerprint density at radius 1 is 1.56 bits per heavy atom. The first-order valence-corrected chi connectivity index (χ1v) is 5.42. The largest absolute Gasteiger partial charge is 0.478 e. The van der Waals surface area contributed by atoms with Crippen LogP contribution in [0.4, 0.5) is 14.9 Å². The summed E-state index contributed by atoms with van der Waals surface area (Å²) in [6, 6.07) is 2.30. The van der Waals surface area contributed by atoms with Gasteiger partial charge in [0.2, 0.25) is 0 Å². The number of ether oxygens (including phenoxy) is 1. The molecule has 0 unspecified atom stereocenters. The number of rotatable bonds is 2. The molecule has 1 amide bonds. The summed E-state index contributed by atoms with van der Waals surface area (Å²) in [5.41, 5.74) is -0.0594. The zero-order chi connectivity index (χ0) is 13.4. The van der Waals surface area contributed by atoms with Gasteiger partial charge in [0.05, 0.1) is 17.3 Å². The molecule has 5 nitrogen and oxygen atoms in total. The van der Waals surface area contributed by atoms with Gasteiger partial charge in [-0.3, -0.25) is 4.90 Å². The molecule has 0 bridgehead atoms. The van der Waals surface area contributed by atoms with Gasteiger partial charge in [0.1, 0.15) is 6.61 Å². The highest BCUT2D eigenvalue weighted by Crippen LogP contribution is 2.29. The maximum atomic E-state index is 14.1. The van der Waals surface area contributed by atoms with E-state index >= 15 is 0 Å². The molecule has 0 saturated carbocycles. The third-order valence-corrected chi connectivity index (χ3v) is 2.94. The molecule has 96 valence electrons. The Hall–Kier alpha value is -2.11. The summed E-state index contributed by atoms with van der Waals surface area (Å²) in [4.78, 5) is 23.5. The lowest BCUT2D eigenvalue weighted by Gasteiger charge is -2.20. The average molecular weight is 253 g/mol. The van der Waals surface area contributed by atoms with E-state index in [2.05, 4.69) is 0 Å². The molecule has 0 spiro atoms. The number of anilines is 1. The third-order valence-electron chi connectivity index (χ3n) is 2.94. The summed E-state index contributed by atoms with van der Waals surface area (Å²) in [7, 11) is 0. The molecule has 1 fully saturated rings. The summed E-state index contributed by atoms with van der Waals surface area (Å²) >= 11 is 0. The quantitative estimate of drug-likeness (QED) is 0.877. The average Bonchev–Trinajstić information content (AvgIpc) is 2.63. The van der Waals surface area contributed by atoms with Crippen LogP contribution in [0.2, 0.25) is 0 Å². The number of cyclic esters (lactones) is 1. The standard InChI is InChI=1S/C12H12FNO4/c1-6-5-18-12(17)14(6)9-4-3-8(11(15)16)7(2)10(9)13/h3-4,6H,5H2,1-2H3,(H,15,16)/t6-/m1/s1. The SMILES string of the molecule is Cc1c(C(=O)O)ccc(N2C(=O)OC[C@H]2C)c1F. The van der Waals surface area contributed by atoms with Crippen LogP contribution in [0.1, 0.15) is 22.8 Å². The molecule has 1 aromatic carbocycles. The Balaban J connectivity index is 2.50. The minimum absolute atomic E-state index is 0.00639. The minimum atomic E-state index is -1.20. The van der Waals surface area contributed by atoms with Crippen molar-refractivity contribution in [1.29, 1.82) is 0 Å². The van der Waals surface area contributed by atoms with E-state index in [1.807, 2.05) is 0 Å². The van der Waals surface area contributed by atoms with Crippen molar-refractivity contribution in [1.82, 2.24) is 0 Å². The summed E-state index contributed by atoms with van der Waals surface area (Å²) in [5.74, 6) is -1.91. The van der Waals surface area contributed by atoms with Crippen molar-refractivity contribution in [3.05, 3.63) is 29.1 Å². The number of carboxylic acid groups (broad SMARTS) is 1.